The van der Waals surface area contributed by atoms with Crippen molar-refractivity contribution in [3.8, 4) is 0 Å². The van der Waals surface area contributed by atoms with E-state index in [1.165, 1.54) is 5.56 Å². The van der Waals surface area contributed by atoms with Crippen LogP contribution in [0.5, 0.6) is 0 Å². The minimum absolute atomic E-state index is 0.270. The van der Waals surface area contributed by atoms with Crippen molar-refractivity contribution < 1.29 is 20.4 Å². The second-order valence-electron chi connectivity index (χ2n) is 7.37. The fourth-order valence-corrected chi connectivity index (χ4v) is 3.54. The van der Waals surface area contributed by atoms with Gasteiger partial charge < -0.3 is 25.0 Å². The average Bonchev–Trinajstić information content (AvgIpc) is 3.03. The molecule has 2 heterocycles. The number of aliphatic hydroxyl groups is 4. The van der Waals surface area contributed by atoms with Crippen LogP contribution in [0.4, 0.5) is 0 Å². The fraction of sp³-hybridized carbons (Fsp3) is 0.350. The first-order valence-corrected chi connectivity index (χ1v) is 8.87. The molecule has 2 aromatic carbocycles. The number of hydrogen-bond acceptors (Lipinski definition) is 6. The number of likely N-dealkylation sites (tertiary alicyclic amines) is 1. The minimum Gasteiger partial charge on any atom is -0.360 e. The number of hydrogen-bond donors (Lipinski definition) is 4. The molecule has 1 aliphatic rings. The van der Waals surface area contributed by atoms with Crippen LogP contribution in [0, 0.1) is 6.92 Å². The predicted octanol–water partition coefficient (Wildman–Crippen LogP) is 0.570. The van der Waals surface area contributed by atoms with E-state index in [1.807, 2.05) is 31.2 Å². The summed E-state index contributed by atoms with van der Waals surface area (Å²) in [5.41, 5.74) is 4.14. The summed E-state index contributed by atoms with van der Waals surface area (Å²) in [5, 5.41) is 39.3. The molecule has 7 nitrogen and oxygen atoms in total. The Morgan fingerprint density at radius 2 is 1.52 bits per heavy atom. The van der Waals surface area contributed by atoms with Crippen LogP contribution >= 0.6 is 0 Å². The first-order valence-electron chi connectivity index (χ1n) is 8.87. The zero-order valence-corrected chi connectivity index (χ0v) is 15.1. The van der Waals surface area contributed by atoms with E-state index in [-0.39, 0.29) is 19.6 Å². The fourth-order valence-electron chi connectivity index (χ4n) is 3.54. The summed E-state index contributed by atoms with van der Waals surface area (Å²) in [7, 11) is 0. The van der Waals surface area contributed by atoms with Crippen LogP contribution in [-0.4, -0.2) is 59.5 Å². The van der Waals surface area contributed by atoms with Gasteiger partial charge in [0.15, 0.2) is 0 Å². The largest absolute Gasteiger partial charge is 0.360 e. The van der Waals surface area contributed by atoms with Gasteiger partial charge in [-0.15, -0.1) is 0 Å². The van der Waals surface area contributed by atoms with Gasteiger partial charge in [-0.05, 0) is 24.6 Å². The standard InChI is InChI=1S/C20H23N3O4/c1-14-6-8-15(9-7-14)10-23-17-5-3-2-4-16(17)21-18(23)11-22-12-19(24,25)20(26,27)13-22/h2-9,24-27H,10-13H2,1H3. The molecule has 1 fully saturated rings. The highest BCUT2D eigenvalue weighted by Gasteiger charge is 2.55. The SMILES string of the molecule is Cc1ccc(Cn2c(CN3CC(O)(O)C(O)(O)C3)nc3ccccc32)cc1. The molecule has 0 atom stereocenters. The minimum atomic E-state index is -2.57. The normalized spacial score (nSPS) is 19.0. The molecule has 0 radical (unpaired) electrons. The molecule has 4 rings (SSSR count). The number of rotatable bonds is 4. The topological polar surface area (TPSA) is 102 Å². The zero-order valence-electron chi connectivity index (χ0n) is 15.1. The van der Waals surface area contributed by atoms with Crippen LogP contribution in [0.15, 0.2) is 48.5 Å². The molecule has 4 N–H and O–H groups in total. The smallest absolute Gasteiger partial charge is 0.232 e. The maximum atomic E-state index is 9.83. The molecule has 7 heteroatoms. The Morgan fingerprint density at radius 1 is 0.889 bits per heavy atom. The molecule has 0 spiro atoms. The van der Waals surface area contributed by atoms with Gasteiger partial charge in [0.1, 0.15) is 5.82 Å². The molecule has 0 bridgehead atoms. The second kappa shape index (κ2) is 6.40. The Labute approximate surface area is 156 Å². The quantitative estimate of drug-likeness (QED) is 0.502. The molecule has 1 aromatic heterocycles. The van der Waals surface area contributed by atoms with Crippen LogP contribution in [0.25, 0.3) is 11.0 Å². The lowest BCUT2D eigenvalue weighted by atomic mass is 10.1. The van der Waals surface area contributed by atoms with Crippen LogP contribution in [0.2, 0.25) is 0 Å². The Morgan fingerprint density at radius 3 is 2.19 bits per heavy atom. The highest BCUT2D eigenvalue weighted by atomic mass is 16.6. The van der Waals surface area contributed by atoms with E-state index in [0.717, 1.165) is 22.4 Å². The molecular weight excluding hydrogens is 346 g/mol. The average molecular weight is 369 g/mol. The lowest BCUT2D eigenvalue weighted by Gasteiger charge is -2.25. The molecule has 0 amide bonds. The number of fused-ring (bicyclic) bond motifs is 1. The van der Waals surface area contributed by atoms with E-state index in [9.17, 15) is 20.4 Å². The third-order valence-electron chi connectivity index (χ3n) is 5.09. The Bertz CT molecular complexity index is 947. The van der Waals surface area contributed by atoms with Crippen LogP contribution in [-0.2, 0) is 13.1 Å². The van der Waals surface area contributed by atoms with Crippen molar-refractivity contribution in [3.63, 3.8) is 0 Å². The Balaban J connectivity index is 1.67. The van der Waals surface area contributed by atoms with E-state index >= 15 is 0 Å². The van der Waals surface area contributed by atoms with E-state index in [1.54, 1.807) is 4.90 Å². The van der Waals surface area contributed by atoms with E-state index < -0.39 is 11.6 Å². The van der Waals surface area contributed by atoms with E-state index in [2.05, 4.69) is 33.8 Å². The molecular formula is C20H23N3O4. The first kappa shape index (κ1) is 18.1. The molecule has 1 saturated heterocycles. The van der Waals surface area contributed by atoms with Crippen molar-refractivity contribution in [1.29, 1.82) is 0 Å². The van der Waals surface area contributed by atoms with Gasteiger partial charge >= 0.3 is 0 Å². The van der Waals surface area contributed by atoms with Gasteiger partial charge in [0.25, 0.3) is 0 Å². The Hall–Kier alpha value is -2.29. The van der Waals surface area contributed by atoms with Crippen molar-refractivity contribution >= 4 is 11.0 Å². The van der Waals surface area contributed by atoms with Crippen molar-refractivity contribution in [2.45, 2.75) is 31.6 Å². The molecule has 0 saturated carbocycles. The molecule has 142 valence electrons. The van der Waals surface area contributed by atoms with Gasteiger partial charge in [-0.2, -0.15) is 0 Å². The summed E-state index contributed by atoms with van der Waals surface area (Å²) in [6.45, 7) is 2.39. The van der Waals surface area contributed by atoms with Gasteiger partial charge in [0.05, 0.1) is 30.7 Å². The van der Waals surface area contributed by atoms with Gasteiger partial charge in [-0.25, -0.2) is 4.98 Å². The molecule has 1 aliphatic heterocycles. The number of aromatic nitrogens is 2. The Kier molecular flexibility index (Phi) is 4.29. The van der Waals surface area contributed by atoms with Crippen molar-refractivity contribution in [2.75, 3.05) is 13.1 Å². The molecule has 0 unspecified atom stereocenters. The summed E-state index contributed by atoms with van der Waals surface area (Å²) in [6.07, 6.45) is 0. The zero-order chi connectivity index (χ0) is 19.2. The molecule has 27 heavy (non-hydrogen) atoms. The van der Waals surface area contributed by atoms with E-state index in [0.29, 0.717) is 6.54 Å². The van der Waals surface area contributed by atoms with Gasteiger partial charge in [-0.1, -0.05) is 42.0 Å². The van der Waals surface area contributed by atoms with Crippen LogP contribution < -0.4 is 0 Å². The highest BCUT2D eigenvalue weighted by molar-refractivity contribution is 5.76. The summed E-state index contributed by atoms with van der Waals surface area (Å²) < 4.78 is 2.07. The van der Waals surface area contributed by atoms with E-state index in [4.69, 9.17) is 0 Å². The number of β-amino-alcohol motifs (C(OH)–C–C–N with tert-alkyl or cyclic N) is 4. The van der Waals surface area contributed by atoms with Gasteiger partial charge in [-0.3, -0.25) is 4.90 Å². The monoisotopic (exact) mass is 369 g/mol. The maximum Gasteiger partial charge on any atom is 0.232 e. The lowest BCUT2D eigenvalue weighted by molar-refractivity contribution is -0.328. The van der Waals surface area contributed by atoms with Crippen LogP contribution in [0.3, 0.4) is 0 Å². The summed E-state index contributed by atoms with van der Waals surface area (Å²) in [6, 6.07) is 16.1. The predicted molar refractivity (Wildman–Crippen MR) is 99.6 cm³/mol. The van der Waals surface area contributed by atoms with Gasteiger partial charge in [0, 0.05) is 6.54 Å². The van der Waals surface area contributed by atoms with Gasteiger partial charge in [0.2, 0.25) is 11.6 Å². The second-order valence-corrected chi connectivity index (χ2v) is 7.37. The van der Waals surface area contributed by atoms with Crippen molar-refractivity contribution in [3.05, 3.63) is 65.5 Å². The van der Waals surface area contributed by atoms with Crippen molar-refractivity contribution in [2.24, 2.45) is 0 Å². The number of nitrogens with zero attached hydrogens (tertiary/aromatic N) is 3. The summed E-state index contributed by atoms with van der Waals surface area (Å²) in [4.78, 5) is 6.26. The van der Waals surface area contributed by atoms with Crippen molar-refractivity contribution in [1.82, 2.24) is 14.5 Å². The number of benzene rings is 2. The summed E-state index contributed by atoms with van der Waals surface area (Å²) >= 11 is 0. The number of imidazole rings is 1. The van der Waals surface area contributed by atoms with Crippen LogP contribution in [0.1, 0.15) is 17.0 Å². The number of aryl methyl sites for hydroxylation is 1. The lowest BCUT2D eigenvalue weighted by Crippen LogP contribution is -2.53. The maximum absolute atomic E-state index is 9.83. The third-order valence-corrected chi connectivity index (χ3v) is 5.09. The summed E-state index contributed by atoms with van der Waals surface area (Å²) in [5.74, 6) is -4.41. The highest BCUT2D eigenvalue weighted by Crippen LogP contribution is 2.29. The molecule has 0 aliphatic carbocycles. The third kappa shape index (κ3) is 3.36. The first-order chi connectivity index (χ1) is 12.7. The molecule has 3 aromatic rings. The number of para-hydroxylation sites is 2.